The third-order valence-electron chi connectivity index (χ3n) is 7.61. The standard InChI is InChI=1S/C31H41ClN6O4/c1-18(2)27-31(41)37-25(15-19-6-7-19)29(39)36-11-10-21-17-22(28(33)34)8-9-26(21)42-13-12-35-24(30(40)38-27)16-20-4-3-5-23(32)14-20/h3-5,8-9,14,17-19,24-25,27,35H,6-7,10-13,15-16H2,1-2H3,(H3,33,34)(H,36,39)(H,37,41)(H,38,40)/t24-,25+,27-/m1/s1. The van der Waals surface area contributed by atoms with Crippen LogP contribution in [0.2, 0.25) is 5.02 Å². The average molecular weight is 597 g/mol. The SMILES string of the molecule is CC(C)[C@H]1NC(=O)[C@@H](Cc2cccc(Cl)c2)NCCOc2ccc(C(=N)N)cc2CCNC(=O)[C@H](CC2CC2)NC1=O. The number of benzene rings is 2. The summed E-state index contributed by atoms with van der Waals surface area (Å²) in [7, 11) is 0. The lowest BCUT2D eigenvalue weighted by Gasteiger charge is -2.27. The number of hydrogen-bond acceptors (Lipinski definition) is 6. The lowest BCUT2D eigenvalue weighted by atomic mass is 10.00. The molecule has 0 aromatic heterocycles. The zero-order chi connectivity index (χ0) is 30.2. The number of carbonyl (C=O) groups is 3. The number of nitrogen functional groups attached to an aromatic ring is 1. The molecule has 0 spiro atoms. The van der Waals surface area contributed by atoms with Crippen LogP contribution in [0.15, 0.2) is 42.5 Å². The Balaban J connectivity index is 1.61. The number of carbonyl (C=O) groups excluding carboxylic acids is 3. The monoisotopic (exact) mass is 596 g/mol. The Morgan fingerprint density at radius 2 is 1.81 bits per heavy atom. The molecule has 0 bridgehead atoms. The van der Waals surface area contributed by atoms with Crippen molar-refractivity contribution in [3.8, 4) is 5.75 Å². The summed E-state index contributed by atoms with van der Waals surface area (Å²) in [6.07, 6.45) is 3.40. The maximum atomic E-state index is 13.6. The van der Waals surface area contributed by atoms with Gasteiger partial charge < -0.3 is 31.7 Å². The van der Waals surface area contributed by atoms with E-state index in [2.05, 4.69) is 21.3 Å². The molecule has 0 saturated heterocycles. The predicted molar refractivity (Wildman–Crippen MR) is 163 cm³/mol. The van der Waals surface area contributed by atoms with Gasteiger partial charge in [0.2, 0.25) is 17.7 Å². The first-order valence-electron chi connectivity index (χ1n) is 14.6. The Labute approximate surface area is 252 Å². The predicted octanol–water partition coefficient (Wildman–Crippen LogP) is 2.30. The van der Waals surface area contributed by atoms with E-state index in [4.69, 9.17) is 27.5 Å². The second-order valence-electron chi connectivity index (χ2n) is 11.4. The number of amidine groups is 1. The Morgan fingerprint density at radius 3 is 2.50 bits per heavy atom. The van der Waals surface area contributed by atoms with Gasteiger partial charge in [-0.2, -0.15) is 0 Å². The fraction of sp³-hybridized carbons (Fsp3) is 0.484. The van der Waals surface area contributed by atoms with Gasteiger partial charge in [-0.1, -0.05) is 50.4 Å². The van der Waals surface area contributed by atoms with E-state index >= 15 is 0 Å². The normalized spacial score (nSPS) is 22.7. The molecule has 2 aromatic carbocycles. The summed E-state index contributed by atoms with van der Waals surface area (Å²) in [5.74, 6) is -0.249. The Morgan fingerprint density at radius 1 is 1.02 bits per heavy atom. The van der Waals surface area contributed by atoms with E-state index in [1.165, 1.54) is 0 Å². The maximum absolute atomic E-state index is 13.6. The van der Waals surface area contributed by atoms with Crippen molar-refractivity contribution >= 4 is 35.2 Å². The highest BCUT2D eigenvalue weighted by atomic mass is 35.5. The lowest BCUT2D eigenvalue weighted by Crippen LogP contribution is -2.58. The first kappa shape index (κ1) is 31.3. The molecule has 1 heterocycles. The van der Waals surface area contributed by atoms with Crippen LogP contribution in [0.25, 0.3) is 0 Å². The van der Waals surface area contributed by atoms with Crippen molar-refractivity contribution in [2.45, 2.75) is 64.1 Å². The molecule has 4 rings (SSSR count). The molecular weight excluding hydrogens is 556 g/mol. The van der Waals surface area contributed by atoms with E-state index in [9.17, 15) is 14.4 Å². The summed E-state index contributed by atoms with van der Waals surface area (Å²) < 4.78 is 6.08. The second kappa shape index (κ2) is 14.5. The van der Waals surface area contributed by atoms with Crippen molar-refractivity contribution in [3.05, 3.63) is 64.2 Å². The molecule has 1 aliphatic heterocycles. The summed E-state index contributed by atoms with van der Waals surface area (Å²) in [4.78, 5) is 40.4. The highest BCUT2D eigenvalue weighted by molar-refractivity contribution is 6.30. The van der Waals surface area contributed by atoms with Crippen LogP contribution >= 0.6 is 11.6 Å². The second-order valence-corrected chi connectivity index (χ2v) is 11.9. The van der Waals surface area contributed by atoms with Crippen LogP contribution in [0, 0.1) is 17.2 Å². The van der Waals surface area contributed by atoms with Gasteiger partial charge in [-0.25, -0.2) is 0 Å². The fourth-order valence-corrected chi connectivity index (χ4v) is 5.26. The van der Waals surface area contributed by atoms with Gasteiger partial charge >= 0.3 is 0 Å². The Bertz CT molecular complexity index is 1300. The van der Waals surface area contributed by atoms with Gasteiger partial charge in [-0.05, 0) is 72.6 Å². The van der Waals surface area contributed by atoms with E-state index in [0.29, 0.717) is 54.6 Å². The minimum absolute atomic E-state index is 0.0614. The summed E-state index contributed by atoms with van der Waals surface area (Å²) in [6, 6.07) is 10.4. The summed E-state index contributed by atoms with van der Waals surface area (Å²) in [5.41, 5.74) is 7.94. The van der Waals surface area contributed by atoms with E-state index in [-0.39, 0.29) is 36.1 Å². The average Bonchev–Trinajstić information content (AvgIpc) is 3.76. The molecule has 1 aliphatic carbocycles. The lowest BCUT2D eigenvalue weighted by molar-refractivity contribution is -0.133. The first-order valence-corrected chi connectivity index (χ1v) is 14.9. The van der Waals surface area contributed by atoms with Crippen molar-refractivity contribution < 1.29 is 19.1 Å². The summed E-state index contributed by atoms with van der Waals surface area (Å²) >= 11 is 6.20. The van der Waals surface area contributed by atoms with Crippen LogP contribution in [0.5, 0.6) is 5.75 Å². The maximum Gasteiger partial charge on any atom is 0.243 e. The van der Waals surface area contributed by atoms with Gasteiger partial charge in [-0.15, -0.1) is 0 Å². The molecule has 1 fully saturated rings. The Kier molecular flexibility index (Phi) is 10.8. The Hall–Kier alpha value is -3.63. The van der Waals surface area contributed by atoms with Gasteiger partial charge in [0.1, 0.15) is 30.3 Å². The number of hydrogen-bond donors (Lipinski definition) is 6. The molecule has 7 N–H and O–H groups in total. The third kappa shape index (κ3) is 8.93. The van der Waals surface area contributed by atoms with E-state index in [1.807, 2.05) is 32.0 Å². The summed E-state index contributed by atoms with van der Waals surface area (Å²) in [5, 5.41) is 20.5. The third-order valence-corrected chi connectivity index (χ3v) is 7.84. The number of nitrogens with one attached hydrogen (secondary N) is 5. The zero-order valence-corrected chi connectivity index (χ0v) is 24.9. The molecular formula is C31H41ClN6O4. The molecule has 2 aromatic rings. The van der Waals surface area contributed by atoms with Crippen LogP contribution in [0.4, 0.5) is 0 Å². The van der Waals surface area contributed by atoms with Crippen LogP contribution in [-0.4, -0.2) is 61.4 Å². The quantitative estimate of drug-likeness (QED) is 0.222. The van der Waals surface area contributed by atoms with Gasteiger partial charge in [0.15, 0.2) is 0 Å². The molecule has 0 unspecified atom stereocenters. The van der Waals surface area contributed by atoms with Gasteiger partial charge in [0.05, 0.1) is 6.04 Å². The number of fused-ring (bicyclic) bond motifs is 1. The molecule has 226 valence electrons. The van der Waals surface area contributed by atoms with Crippen molar-refractivity contribution in [2.24, 2.45) is 17.6 Å². The molecule has 1 saturated carbocycles. The van der Waals surface area contributed by atoms with E-state index in [1.54, 1.807) is 24.3 Å². The highest BCUT2D eigenvalue weighted by Gasteiger charge is 2.34. The molecule has 2 aliphatic rings. The van der Waals surface area contributed by atoms with Crippen LogP contribution < -0.4 is 31.7 Å². The number of nitrogens with two attached hydrogens (primary N) is 1. The smallest absolute Gasteiger partial charge is 0.243 e. The molecule has 0 radical (unpaired) electrons. The zero-order valence-electron chi connectivity index (χ0n) is 24.2. The van der Waals surface area contributed by atoms with E-state index < -0.39 is 18.1 Å². The minimum atomic E-state index is -0.822. The van der Waals surface area contributed by atoms with Crippen molar-refractivity contribution in [1.82, 2.24) is 21.3 Å². The van der Waals surface area contributed by atoms with Crippen LogP contribution in [0.1, 0.15) is 49.8 Å². The largest absolute Gasteiger partial charge is 0.492 e. The molecule has 42 heavy (non-hydrogen) atoms. The van der Waals surface area contributed by atoms with Crippen molar-refractivity contribution in [1.29, 1.82) is 5.41 Å². The highest BCUT2D eigenvalue weighted by Crippen LogP contribution is 2.33. The number of amides is 3. The molecule has 3 amide bonds. The number of rotatable bonds is 6. The minimum Gasteiger partial charge on any atom is -0.492 e. The molecule has 3 atom stereocenters. The fourth-order valence-electron chi connectivity index (χ4n) is 5.05. The summed E-state index contributed by atoms with van der Waals surface area (Å²) in [6.45, 7) is 4.66. The number of halogens is 1. The first-order chi connectivity index (χ1) is 20.1. The van der Waals surface area contributed by atoms with Crippen molar-refractivity contribution in [2.75, 3.05) is 19.7 Å². The van der Waals surface area contributed by atoms with Crippen LogP contribution in [0.3, 0.4) is 0 Å². The van der Waals surface area contributed by atoms with Crippen LogP contribution in [-0.2, 0) is 27.2 Å². The molecule has 11 heteroatoms. The molecule has 10 nitrogen and oxygen atoms in total. The van der Waals surface area contributed by atoms with E-state index in [0.717, 1.165) is 24.0 Å². The topological polar surface area (TPSA) is 158 Å². The van der Waals surface area contributed by atoms with Gasteiger partial charge in [0, 0.05) is 23.7 Å². The van der Waals surface area contributed by atoms with Gasteiger partial charge in [0.25, 0.3) is 0 Å². The van der Waals surface area contributed by atoms with Crippen molar-refractivity contribution in [3.63, 3.8) is 0 Å². The number of ether oxygens (including phenoxy) is 1. The van der Waals surface area contributed by atoms with Gasteiger partial charge in [-0.3, -0.25) is 19.8 Å².